The van der Waals surface area contributed by atoms with Crippen molar-refractivity contribution in [1.29, 1.82) is 0 Å². The largest absolute Gasteiger partial charge is 0.467 e. The Labute approximate surface area is 156 Å². The minimum atomic E-state index is -4.19. The average Bonchev–Trinajstić information content (AvgIpc) is 2.53. The summed E-state index contributed by atoms with van der Waals surface area (Å²) in [5, 5.41) is 2.23. The van der Waals surface area contributed by atoms with E-state index >= 15 is 0 Å². The van der Waals surface area contributed by atoms with Gasteiger partial charge in [0.05, 0.1) is 12.1 Å². The van der Waals surface area contributed by atoms with Crippen molar-refractivity contribution in [2.24, 2.45) is 0 Å². The Bertz CT molecular complexity index is 934. The number of carbonyl (C=O) groups is 1. The number of rotatable bonds is 5. The SMILES string of the molecule is COc1nc(C)nc(NC(=O)NS(=O)(=O)c2cc(C(C)C)ccc2Cl)n1. The Balaban J connectivity index is 2.23. The van der Waals surface area contributed by atoms with Crippen LogP contribution in [-0.4, -0.2) is 36.5 Å². The second-order valence-electron chi connectivity index (χ2n) is 5.60. The van der Waals surface area contributed by atoms with Crippen LogP contribution in [0.5, 0.6) is 6.01 Å². The number of hydrogen-bond acceptors (Lipinski definition) is 7. The van der Waals surface area contributed by atoms with Crippen molar-refractivity contribution in [2.45, 2.75) is 31.6 Å². The van der Waals surface area contributed by atoms with Gasteiger partial charge in [-0.3, -0.25) is 5.32 Å². The first-order valence-electron chi connectivity index (χ1n) is 7.52. The molecule has 2 rings (SSSR count). The highest BCUT2D eigenvalue weighted by molar-refractivity contribution is 7.90. The lowest BCUT2D eigenvalue weighted by Crippen LogP contribution is -2.35. The maximum absolute atomic E-state index is 12.5. The van der Waals surface area contributed by atoms with Crippen LogP contribution in [0.2, 0.25) is 5.02 Å². The summed E-state index contributed by atoms with van der Waals surface area (Å²) in [5.74, 6) is 0.238. The zero-order valence-electron chi connectivity index (χ0n) is 14.6. The molecule has 26 heavy (non-hydrogen) atoms. The molecule has 0 saturated carbocycles. The Morgan fingerprint density at radius 1 is 1.23 bits per heavy atom. The topological polar surface area (TPSA) is 123 Å². The number of carbonyl (C=O) groups excluding carboxylic acids is 1. The molecule has 11 heteroatoms. The van der Waals surface area contributed by atoms with Crippen molar-refractivity contribution in [3.63, 3.8) is 0 Å². The number of halogens is 1. The van der Waals surface area contributed by atoms with E-state index in [2.05, 4.69) is 20.3 Å². The van der Waals surface area contributed by atoms with Crippen LogP contribution in [0.3, 0.4) is 0 Å². The molecule has 0 aliphatic rings. The van der Waals surface area contributed by atoms with Crippen LogP contribution >= 0.6 is 11.6 Å². The number of anilines is 1. The lowest BCUT2D eigenvalue weighted by atomic mass is 10.0. The molecule has 0 atom stereocenters. The first kappa shape index (κ1) is 19.9. The van der Waals surface area contributed by atoms with Gasteiger partial charge in [-0.1, -0.05) is 31.5 Å². The van der Waals surface area contributed by atoms with Crippen LogP contribution in [-0.2, 0) is 10.0 Å². The minimum absolute atomic E-state index is 0.00683. The molecule has 0 bridgehead atoms. The fourth-order valence-corrected chi connectivity index (χ4v) is 3.44. The van der Waals surface area contributed by atoms with E-state index in [1.807, 2.05) is 18.6 Å². The van der Waals surface area contributed by atoms with Crippen LogP contribution in [0, 0.1) is 6.92 Å². The Morgan fingerprint density at radius 3 is 2.54 bits per heavy atom. The minimum Gasteiger partial charge on any atom is -0.467 e. The molecule has 0 spiro atoms. The fourth-order valence-electron chi connectivity index (χ4n) is 1.99. The van der Waals surface area contributed by atoms with E-state index in [9.17, 15) is 13.2 Å². The van der Waals surface area contributed by atoms with Crippen molar-refractivity contribution in [2.75, 3.05) is 12.4 Å². The highest BCUT2D eigenvalue weighted by Crippen LogP contribution is 2.26. The van der Waals surface area contributed by atoms with Crippen molar-refractivity contribution in [3.8, 4) is 6.01 Å². The zero-order valence-corrected chi connectivity index (χ0v) is 16.1. The number of nitrogens with one attached hydrogen (secondary N) is 2. The molecule has 0 radical (unpaired) electrons. The number of nitrogens with zero attached hydrogens (tertiary/aromatic N) is 3. The number of hydrogen-bond donors (Lipinski definition) is 2. The molecular formula is C15H18ClN5O4S. The van der Waals surface area contributed by atoms with Gasteiger partial charge in [0.25, 0.3) is 10.0 Å². The van der Waals surface area contributed by atoms with Gasteiger partial charge in [0.15, 0.2) is 0 Å². The molecule has 0 fully saturated rings. The first-order chi connectivity index (χ1) is 12.1. The fraction of sp³-hybridized carbons (Fsp3) is 0.333. The van der Waals surface area contributed by atoms with E-state index < -0.39 is 16.1 Å². The van der Waals surface area contributed by atoms with Gasteiger partial charge in [0.1, 0.15) is 10.7 Å². The van der Waals surface area contributed by atoms with Gasteiger partial charge in [-0.25, -0.2) is 17.9 Å². The van der Waals surface area contributed by atoms with Crippen LogP contribution in [0.4, 0.5) is 10.7 Å². The first-order valence-corrected chi connectivity index (χ1v) is 9.38. The summed E-state index contributed by atoms with van der Waals surface area (Å²) < 4.78 is 31.7. The number of sulfonamides is 1. The number of aromatic nitrogens is 3. The van der Waals surface area contributed by atoms with Gasteiger partial charge in [-0.05, 0) is 30.5 Å². The molecule has 1 aromatic carbocycles. The van der Waals surface area contributed by atoms with Crippen LogP contribution in [0.25, 0.3) is 0 Å². The van der Waals surface area contributed by atoms with Crippen LogP contribution in [0.15, 0.2) is 23.1 Å². The van der Waals surface area contributed by atoms with Crippen LogP contribution in [0.1, 0.15) is 31.2 Å². The molecule has 2 N–H and O–H groups in total. The van der Waals surface area contributed by atoms with Gasteiger partial charge in [0, 0.05) is 0 Å². The summed E-state index contributed by atoms with van der Waals surface area (Å²) in [6, 6.07) is 3.58. The predicted octanol–water partition coefficient (Wildman–Crippen LogP) is 2.48. The number of ether oxygens (including phenoxy) is 1. The second-order valence-corrected chi connectivity index (χ2v) is 7.66. The van der Waals surface area contributed by atoms with Gasteiger partial charge in [-0.2, -0.15) is 15.0 Å². The maximum Gasteiger partial charge on any atom is 0.335 e. The van der Waals surface area contributed by atoms with Crippen molar-refractivity contribution < 1.29 is 17.9 Å². The molecule has 0 aliphatic carbocycles. The molecule has 9 nitrogen and oxygen atoms in total. The summed E-state index contributed by atoms with van der Waals surface area (Å²) in [6.45, 7) is 5.40. The van der Waals surface area contributed by atoms with Crippen LogP contribution < -0.4 is 14.8 Å². The van der Waals surface area contributed by atoms with E-state index in [0.717, 1.165) is 5.56 Å². The summed E-state index contributed by atoms with van der Waals surface area (Å²) >= 11 is 5.99. The van der Waals surface area contributed by atoms with Crippen molar-refractivity contribution >= 4 is 33.6 Å². The molecule has 0 saturated heterocycles. The zero-order chi connectivity index (χ0) is 19.5. The lowest BCUT2D eigenvalue weighted by Gasteiger charge is -2.12. The van der Waals surface area contributed by atoms with E-state index in [1.165, 1.54) is 19.2 Å². The molecule has 1 aromatic heterocycles. The number of amides is 2. The Kier molecular flexibility index (Phi) is 5.98. The van der Waals surface area contributed by atoms with E-state index in [0.29, 0.717) is 5.82 Å². The Hall–Kier alpha value is -2.46. The molecule has 0 aliphatic heterocycles. The van der Waals surface area contributed by atoms with E-state index in [-0.39, 0.29) is 27.8 Å². The summed E-state index contributed by atoms with van der Waals surface area (Å²) in [6.07, 6.45) is 0. The molecule has 2 aromatic rings. The van der Waals surface area contributed by atoms with Gasteiger partial charge < -0.3 is 4.74 Å². The number of aryl methyl sites for hydroxylation is 1. The molecule has 2 amide bonds. The standard InChI is InChI=1S/C15H18ClN5O4S/c1-8(2)10-5-6-11(16)12(7-10)26(23,24)21-14(22)19-13-17-9(3)18-15(20-13)25-4/h5-8H,1-4H3,(H2,17,18,19,20,21,22). The summed E-state index contributed by atoms with van der Waals surface area (Å²) in [5.41, 5.74) is 0.771. The highest BCUT2D eigenvalue weighted by atomic mass is 35.5. The normalized spacial score (nSPS) is 11.3. The van der Waals surface area contributed by atoms with Crippen molar-refractivity contribution in [3.05, 3.63) is 34.6 Å². The number of methoxy groups -OCH3 is 1. The monoisotopic (exact) mass is 399 g/mol. The summed E-state index contributed by atoms with van der Waals surface area (Å²) in [4.78, 5) is 23.4. The third kappa shape index (κ3) is 4.79. The van der Waals surface area contributed by atoms with Gasteiger partial charge >= 0.3 is 12.0 Å². The molecule has 140 valence electrons. The smallest absolute Gasteiger partial charge is 0.335 e. The van der Waals surface area contributed by atoms with Gasteiger partial charge in [0.2, 0.25) is 5.95 Å². The number of benzene rings is 1. The molecule has 0 unspecified atom stereocenters. The quantitative estimate of drug-likeness (QED) is 0.791. The second kappa shape index (κ2) is 7.83. The average molecular weight is 400 g/mol. The molecular weight excluding hydrogens is 382 g/mol. The third-order valence-electron chi connectivity index (χ3n) is 3.27. The predicted molar refractivity (Wildman–Crippen MR) is 96.0 cm³/mol. The number of urea groups is 1. The van der Waals surface area contributed by atoms with Crippen molar-refractivity contribution in [1.82, 2.24) is 19.7 Å². The third-order valence-corrected chi connectivity index (χ3v) is 5.09. The highest BCUT2D eigenvalue weighted by Gasteiger charge is 2.22. The van der Waals surface area contributed by atoms with E-state index in [1.54, 1.807) is 13.0 Å². The summed E-state index contributed by atoms with van der Waals surface area (Å²) in [7, 11) is -2.83. The lowest BCUT2D eigenvalue weighted by molar-refractivity contribution is 0.256. The van der Waals surface area contributed by atoms with Gasteiger partial charge in [-0.15, -0.1) is 0 Å². The molecule has 1 heterocycles. The van der Waals surface area contributed by atoms with E-state index in [4.69, 9.17) is 16.3 Å². The Morgan fingerprint density at radius 2 is 1.92 bits per heavy atom. The maximum atomic E-state index is 12.5.